The van der Waals surface area contributed by atoms with Gasteiger partial charge in [0.25, 0.3) is 11.8 Å². The largest absolute Gasteiger partial charge is 0.383 e. The minimum Gasteiger partial charge on any atom is -0.383 e. The van der Waals surface area contributed by atoms with Crippen LogP contribution in [0.1, 0.15) is 46.5 Å². The lowest BCUT2D eigenvalue weighted by Gasteiger charge is -2.14. The van der Waals surface area contributed by atoms with E-state index in [2.05, 4.69) is 10.6 Å². The van der Waals surface area contributed by atoms with E-state index >= 15 is 0 Å². The van der Waals surface area contributed by atoms with Crippen LogP contribution in [-0.2, 0) is 17.8 Å². The van der Waals surface area contributed by atoms with Crippen molar-refractivity contribution in [2.75, 3.05) is 20.3 Å². The molecule has 0 aliphatic heterocycles. The molecule has 2 aromatic rings. The van der Waals surface area contributed by atoms with E-state index < -0.39 is 35.4 Å². The number of methoxy groups -OCH3 is 1. The Morgan fingerprint density at radius 2 is 1.65 bits per heavy atom. The molecule has 9 heteroatoms. The lowest BCUT2D eigenvalue weighted by atomic mass is 10.1. The summed E-state index contributed by atoms with van der Waals surface area (Å²) in [6.07, 6.45) is 3.51. The Balaban J connectivity index is 2.31. The number of aryl methyl sites for hydroxylation is 1. The number of ether oxygens (including phenoxy) is 1. The van der Waals surface area contributed by atoms with Crippen LogP contribution in [0.2, 0.25) is 0 Å². The van der Waals surface area contributed by atoms with Crippen molar-refractivity contribution in [2.45, 2.75) is 33.4 Å². The fourth-order valence-electron chi connectivity index (χ4n) is 2.82. The van der Waals surface area contributed by atoms with E-state index in [1.807, 2.05) is 13.8 Å². The second-order valence-electron chi connectivity index (χ2n) is 7.47. The van der Waals surface area contributed by atoms with E-state index in [9.17, 15) is 23.2 Å². The number of carbonyl (C=O) groups excluding carboxylic acids is 2. The van der Waals surface area contributed by atoms with Gasteiger partial charge in [-0.25, -0.2) is 8.78 Å². The smallest absolute Gasteiger partial charge is 0.257 e. The third-order valence-electron chi connectivity index (χ3n) is 4.61. The van der Waals surface area contributed by atoms with Crippen molar-refractivity contribution in [3.8, 4) is 0 Å². The zero-order chi connectivity index (χ0) is 23.0. The lowest BCUT2D eigenvalue weighted by Crippen LogP contribution is -2.36. The number of pyridine rings is 1. The van der Waals surface area contributed by atoms with Gasteiger partial charge in [0.05, 0.1) is 6.61 Å². The van der Waals surface area contributed by atoms with Gasteiger partial charge in [0.1, 0.15) is 22.8 Å². The zero-order valence-electron chi connectivity index (χ0n) is 17.8. The average Bonchev–Trinajstić information content (AvgIpc) is 2.72. The molecule has 1 heterocycles. The molecule has 0 radical (unpaired) electrons. The van der Waals surface area contributed by atoms with Gasteiger partial charge in [0.2, 0.25) is 5.43 Å². The summed E-state index contributed by atoms with van der Waals surface area (Å²) in [6.45, 7) is 4.56. The molecule has 168 valence electrons. The van der Waals surface area contributed by atoms with E-state index in [1.165, 1.54) is 25.6 Å². The summed E-state index contributed by atoms with van der Waals surface area (Å²) < 4.78 is 34.1. The van der Waals surface area contributed by atoms with Crippen LogP contribution in [0.15, 0.2) is 35.4 Å². The molecule has 0 saturated carbocycles. The van der Waals surface area contributed by atoms with Crippen LogP contribution in [0.4, 0.5) is 8.78 Å². The monoisotopic (exact) mass is 435 g/mol. The third kappa shape index (κ3) is 6.71. The van der Waals surface area contributed by atoms with Crippen molar-refractivity contribution in [2.24, 2.45) is 5.92 Å². The summed E-state index contributed by atoms with van der Waals surface area (Å²) in [5, 5.41) is 4.93. The van der Waals surface area contributed by atoms with Crippen LogP contribution in [0.3, 0.4) is 0 Å². The van der Waals surface area contributed by atoms with Crippen LogP contribution in [0.25, 0.3) is 0 Å². The molecule has 0 spiro atoms. The van der Waals surface area contributed by atoms with Crippen molar-refractivity contribution in [3.05, 3.63) is 69.1 Å². The van der Waals surface area contributed by atoms with E-state index in [0.29, 0.717) is 12.5 Å². The number of hydrogen-bond acceptors (Lipinski definition) is 4. The Morgan fingerprint density at radius 1 is 1.06 bits per heavy atom. The molecule has 7 nitrogen and oxygen atoms in total. The number of halogens is 2. The predicted octanol–water partition coefficient (Wildman–Crippen LogP) is 2.48. The molecule has 2 rings (SSSR count). The van der Waals surface area contributed by atoms with Gasteiger partial charge in [-0.05, 0) is 24.5 Å². The van der Waals surface area contributed by atoms with Crippen LogP contribution in [-0.4, -0.2) is 36.6 Å². The maximum absolute atomic E-state index is 13.8. The minimum atomic E-state index is -0.822. The Bertz CT molecular complexity index is 969. The molecule has 0 bridgehead atoms. The second kappa shape index (κ2) is 11.4. The quantitative estimate of drug-likeness (QED) is 0.561. The van der Waals surface area contributed by atoms with Crippen LogP contribution in [0, 0.1) is 17.6 Å². The summed E-state index contributed by atoms with van der Waals surface area (Å²) in [6, 6.07) is 3.37. The molecule has 1 aromatic carbocycles. The second-order valence-corrected chi connectivity index (χ2v) is 7.47. The third-order valence-corrected chi connectivity index (χ3v) is 4.61. The van der Waals surface area contributed by atoms with Gasteiger partial charge >= 0.3 is 0 Å². The van der Waals surface area contributed by atoms with Crippen LogP contribution >= 0.6 is 0 Å². The van der Waals surface area contributed by atoms with Crippen LogP contribution < -0.4 is 16.1 Å². The standard InChI is InChI=1S/C22H27F2N3O4/c1-14(2)7-9-27-12-16(21(29)25-8-10-31-3)20(28)17(13-27)22(30)26-11-15-18(23)5-4-6-19(15)24/h4-6,12-14H,7-11H2,1-3H3,(H,25,29)(H,26,30). The van der Waals surface area contributed by atoms with Gasteiger partial charge in [-0.15, -0.1) is 0 Å². The highest BCUT2D eigenvalue weighted by molar-refractivity contribution is 5.99. The van der Waals surface area contributed by atoms with E-state index in [1.54, 1.807) is 4.57 Å². The average molecular weight is 435 g/mol. The fraction of sp³-hybridized carbons (Fsp3) is 0.409. The topological polar surface area (TPSA) is 89.4 Å². The highest BCUT2D eigenvalue weighted by Crippen LogP contribution is 2.12. The van der Waals surface area contributed by atoms with Gasteiger partial charge in [-0.2, -0.15) is 0 Å². The van der Waals surface area contributed by atoms with Crippen molar-refractivity contribution >= 4 is 11.8 Å². The molecule has 2 N–H and O–H groups in total. The van der Waals surface area contributed by atoms with Crippen molar-refractivity contribution in [1.29, 1.82) is 0 Å². The van der Waals surface area contributed by atoms with E-state index in [0.717, 1.165) is 18.6 Å². The van der Waals surface area contributed by atoms with Crippen molar-refractivity contribution in [3.63, 3.8) is 0 Å². The first-order valence-electron chi connectivity index (χ1n) is 9.96. The summed E-state index contributed by atoms with van der Waals surface area (Å²) in [5.74, 6) is -2.70. The molecule has 2 amide bonds. The predicted molar refractivity (Wildman–Crippen MR) is 112 cm³/mol. The number of hydrogen-bond donors (Lipinski definition) is 2. The highest BCUT2D eigenvalue weighted by Gasteiger charge is 2.20. The van der Waals surface area contributed by atoms with Gasteiger partial charge in [-0.3, -0.25) is 14.4 Å². The van der Waals surface area contributed by atoms with Gasteiger partial charge < -0.3 is 19.9 Å². The number of carbonyl (C=O) groups is 2. The molecule has 0 saturated heterocycles. The zero-order valence-corrected chi connectivity index (χ0v) is 17.8. The Hall–Kier alpha value is -3.07. The first-order chi connectivity index (χ1) is 14.7. The molecule has 0 atom stereocenters. The maximum Gasteiger partial charge on any atom is 0.257 e. The highest BCUT2D eigenvalue weighted by atomic mass is 19.1. The number of rotatable bonds is 10. The normalized spacial score (nSPS) is 10.9. The Morgan fingerprint density at radius 3 is 2.19 bits per heavy atom. The van der Waals surface area contributed by atoms with Crippen molar-refractivity contribution in [1.82, 2.24) is 15.2 Å². The molecule has 0 unspecified atom stereocenters. The number of nitrogens with one attached hydrogen (secondary N) is 2. The first-order valence-corrected chi connectivity index (χ1v) is 9.96. The Labute approximate surface area is 179 Å². The molecule has 0 fully saturated rings. The summed E-state index contributed by atoms with van der Waals surface area (Å²) in [4.78, 5) is 37.9. The summed E-state index contributed by atoms with van der Waals surface area (Å²) in [7, 11) is 1.48. The van der Waals surface area contributed by atoms with E-state index in [4.69, 9.17) is 4.74 Å². The van der Waals surface area contributed by atoms with Crippen molar-refractivity contribution < 1.29 is 23.1 Å². The van der Waals surface area contributed by atoms with Gasteiger partial charge in [-0.1, -0.05) is 19.9 Å². The SMILES string of the molecule is COCCNC(=O)c1cn(CCC(C)C)cc(C(=O)NCc2c(F)cccc2F)c1=O. The maximum atomic E-state index is 13.8. The Kier molecular flexibility index (Phi) is 8.87. The van der Waals surface area contributed by atoms with Gasteiger partial charge in [0.15, 0.2) is 0 Å². The molecule has 0 aliphatic rings. The number of amides is 2. The molecule has 31 heavy (non-hydrogen) atoms. The van der Waals surface area contributed by atoms with E-state index in [-0.39, 0.29) is 29.8 Å². The lowest BCUT2D eigenvalue weighted by molar-refractivity contribution is 0.0935. The fourth-order valence-corrected chi connectivity index (χ4v) is 2.82. The molecule has 0 aliphatic carbocycles. The number of aromatic nitrogens is 1. The molecule has 1 aromatic heterocycles. The molecular formula is C22H27F2N3O4. The van der Waals surface area contributed by atoms with Crippen LogP contribution in [0.5, 0.6) is 0 Å². The summed E-state index contributed by atoms with van der Waals surface area (Å²) >= 11 is 0. The van der Waals surface area contributed by atoms with Gasteiger partial charge in [0, 0.05) is 44.7 Å². The summed E-state index contributed by atoms with van der Waals surface area (Å²) in [5.41, 5.74) is -1.55. The molecular weight excluding hydrogens is 408 g/mol. The number of benzene rings is 1. The first kappa shape index (κ1) is 24.2. The number of nitrogens with zero attached hydrogens (tertiary/aromatic N) is 1. The minimum absolute atomic E-state index is 0.190.